The first-order valence-electron chi connectivity index (χ1n) is 16.7. The van der Waals surface area contributed by atoms with Gasteiger partial charge in [0.05, 0.1) is 38.3 Å². The van der Waals surface area contributed by atoms with Crippen LogP contribution in [0, 0.1) is 17.8 Å². The van der Waals surface area contributed by atoms with Gasteiger partial charge in [-0.15, -0.1) is 0 Å². The maximum atomic E-state index is 14.3. The summed E-state index contributed by atoms with van der Waals surface area (Å²) in [6.07, 6.45) is 7.82. The van der Waals surface area contributed by atoms with Crippen molar-refractivity contribution in [1.82, 2.24) is 0 Å². The number of aliphatic hydroxyl groups excluding tert-OH is 1. The largest absolute Gasteiger partial charge is 0.497 e. The van der Waals surface area contributed by atoms with E-state index in [1.807, 2.05) is 60.7 Å². The Kier molecular flexibility index (Phi) is 8.84. The Balaban J connectivity index is 1.19. The molecule has 50 heavy (non-hydrogen) atoms. The molecule has 0 aromatic heterocycles. The molecule has 4 aliphatic rings. The van der Waals surface area contributed by atoms with Crippen LogP contribution in [-0.4, -0.2) is 55.9 Å². The second-order valence-electron chi connectivity index (χ2n) is 12.9. The molecule has 3 aromatic rings. The van der Waals surface area contributed by atoms with Gasteiger partial charge in [-0.3, -0.25) is 24.1 Å². The van der Waals surface area contributed by atoms with Gasteiger partial charge < -0.3 is 19.3 Å². The summed E-state index contributed by atoms with van der Waals surface area (Å²) in [5.74, 6) is -1.19. The lowest BCUT2D eigenvalue weighted by atomic mass is 9.59. The number of benzene rings is 3. The summed E-state index contributed by atoms with van der Waals surface area (Å²) in [6.45, 7) is 1.67. The van der Waals surface area contributed by atoms with Crippen molar-refractivity contribution in [2.45, 2.75) is 25.7 Å². The van der Waals surface area contributed by atoms with Crippen LogP contribution >= 0.6 is 0 Å². The lowest BCUT2D eigenvalue weighted by Crippen LogP contribution is -2.39. The van der Waals surface area contributed by atoms with Crippen LogP contribution in [0.4, 0.5) is 5.69 Å². The third kappa shape index (κ3) is 5.67. The molecule has 9 heteroatoms. The maximum Gasteiger partial charge on any atom is 0.238 e. The van der Waals surface area contributed by atoms with Crippen molar-refractivity contribution in [3.8, 4) is 17.2 Å². The molecule has 2 amide bonds. The minimum absolute atomic E-state index is 0.120. The Morgan fingerprint density at radius 2 is 1.60 bits per heavy atom. The van der Waals surface area contributed by atoms with Crippen LogP contribution in [-0.2, 0) is 19.2 Å². The molecular formula is C41H37NO8. The van der Waals surface area contributed by atoms with Gasteiger partial charge in [0.1, 0.15) is 23.9 Å². The molecule has 0 radical (unpaired) electrons. The van der Waals surface area contributed by atoms with E-state index in [-0.39, 0.29) is 43.0 Å². The van der Waals surface area contributed by atoms with Gasteiger partial charge in [-0.1, -0.05) is 48.1 Å². The number of imide groups is 1. The van der Waals surface area contributed by atoms with E-state index in [4.69, 9.17) is 19.3 Å². The minimum atomic E-state index is -0.666. The highest BCUT2D eigenvalue weighted by Crippen LogP contribution is 2.55. The highest BCUT2D eigenvalue weighted by atomic mass is 16.5. The van der Waals surface area contributed by atoms with E-state index in [1.165, 1.54) is 11.0 Å². The van der Waals surface area contributed by atoms with E-state index in [0.29, 0.717) is 46.1 Å². The fraction of sp³-hybridized carbons (Fsp3) is 0.268. The maximum absolute atomic E-state index is 14.3. The van der Waals surface area contributed by atoms with Crippen molar-refractivity contribution in [2.75, 3.05) is 32.3 Å². The molecule has 1 fully saturated rings. The Hall–Kier alpha value is -5.54. The number of fused-ring (bicyclic) bond motifs is 3. The smallest absolute Gasteiger partial charge is 0.238 e. The zero-order valence-corrected chi connectivity index (χ0v) is 28.1. The number of hydrogen-bond donors (Lipinski definition) is 1. The average Bonchev–Trinajstić information content (AvgIpc) is 3.40. The molecule has 0 bridgehead atoms. The summed E-state index contributed by atoms with van der Waals surface area (Å²) >= 11 is 0. The van der Waals surface area contributed by atoms with Gasteiger partial charge in [-0.2, -0.15) is 0 Å². The third-order valence-corrected chi connectivity index (χ3v) is 10.2. The van der Waals surface area contributed by atoms with E-state index >= 15 is 0 Å². The molecule has 0 saturated carbocycles. The van der Waals surface area contributed by atoms with Crippen molar-refractivity contribution in [3.05, 3.63) is 118 Å². The van der Waals surface area contributed by atoms with Crippen molar-refractivity contribution in [2.24, 2.45) is 17.8 Å². The molecule has 1 N–H and O–H groups in total. The number of carbonyl (C=O) groups excluding carboxylic acids is 4. The standard InChI is InChI=1S/C41H37NO8/c1-23-20-34(44)38-33(39(23)45)22-32-30(36(38)25-8-12-28(13-9-25)50-19-18-43)15-16-31-37(32)41(47)42(40(31)46)27-10-5-24(6-11-27)4-7-26-21-29(48-2)14-17-35(26)49-3/h4-15,17,20-21,31-32,36-37,43H,16,18-19,22H2,1-3H3. The Morgan fingerprint density at radius 3 is 2.30 bits per heavy atom. The van der Waals surface area contributed by atoms with Crippen LogP contribution < -0.4 is 19.1 Å². The number of ether oxygens (including phenoxy) is 3. The van der Waals surface area contributed by atoms with E-state index in [0.717, 1.165) is 22.3 Å². The Bertz CT molecular complexity index is 2020. The quantitative estimate of drug-likeness (QED) is 0.130. The Labute approximate surface area is 290 Å². The van der Waals surface area contributed by atoms with E-state index in [1.54, 1.807) is 45.4 Å². The van der Waals surface area contributed by atoms with Crippen LogP contribution in [0.15, 0.2) is 101 Å². The minimum Gasteiger partial charge on any atom is -0.497 e. The van der Waals surface area contributed by atoms with Crippen LogP contribution in [0.3, 0.4) is 0 Å². The second kappa shape index (κ2) is 13.4. The monoisotopic (exact) mass is 671 g/mol. The van der Waals surface area contributed by atoms with Gasteiger partial charge in [-0.05, 0) is 85.4 Å². The first-order chi connectivity index (χ1) is 24.2. The lowest BCUT2D eigenvalue weighted by molar-refractivity contribution is -0.123. The zero-order valence-electron chi connectivity index (χ0n) is 28.1. The summed E-state index contributed by atoms with van der Waals surface area (Å²) in [5.41, 5.74) is 5.11. The fourth-order valence-corrected chi connectivity index (χ4v) is 7.83. The van der Waals surface area contributed by atoms with E-state index < -0.39 is 23.7 Å². The summed E-state index contributed by atoms with van der Waals surface area (Å²) in [7, 11) is 3.21. The zero-order chi connectivity index (χ0) is 35.1. The second-order valence-corrected chi connectivity index (χ2v) is 12.9. The van der Waals surface area contributed by atoms with Crippen LogP contribution in [0.5, 0.6) is 17.2 Å². The molecule has 0 spiro atoms. The number of carbonyl (C=O) groups is 4. The van der Waals surface area contributed by atoms with Crippen molar-refractivity contribution in [3.63, 3.8) is 0 Å². The first-order valence-corrected chi connectivity index (χ1v) is 16.7. The Morgan fingerprint density at radius 1 is 0.860 bits per heavy atom. The normalized spacial score (nSPS) is 23.0. The molecule has 1 aliphatic heterocycles. The number of methoxy groups -OCH3 is 2. The molecule has 4 unspecified atom stereocenters. The summed E-state index contributed by atoms with van der Waals surface area (Å²) < 4.78 is 16.4. The number of hydrogen-bond acceptors (Lipinski definition) is 8. The number of allylic oxidation sites excluding steroid dienone is 6. The van der Waals surface area contributed by atoms with Gasteiger partial charge in [0.25, 0.3) is 0 Å². The number of nitrogens with zero attached hydrogens (tertiary/aromatic N) is 1. The molecule has 3 aliphatic carbocycles. The molecular weight excluding hydrogens is 634 g/mol. The van der Waals surface area contributed by atoms with Gasteiger partial charge >= 0.3 is 0 Å². The van der Waals surface area contributed by atoms with Crippen molar-refractivity contribution < 1.29 is 38.5 Å². The van der Waals surface area contributed by atoms with Crippen LogP contribution in [0.25, 0.3) is 12.2 Å². The highest BCUT2D eigenvalue weighted by Gasteiger charge is 2.56. The first kappa shape index (κ1) is 33.0. The highest BCUT2D eigenvalue weighted by molar-refractivity contribution is 6.25. The fourth-order valence-electron chi connectivity index (χ4n) is 7.83. The predicted molar refractivity (Wildman–Crippen MR) is 188 cm³/mol. The van der Waals surface area contributed by atoms with Crippen molar-refractivity contribution in [1.29, 1.82) is 0 Å². The number of ketones is 2. The van der Waals surface area contributed by atoms with Crippen LogP contribution in [0.2, 0.25) is 0 Å². The molecule has 1 heterocycles. The predicted octanol–water partition coefficient (Wildman–Crippen LogP) is 5.88. The van der Waals surface area contributed by atoms with Gasteiger partial charge in [-0.25, -0.2) is 0 Å². The molecule has 254 valence electrons. The van der Waals surface area contributed by atoms with Gasteiger partial charge in [0.2, 0.25) is 11.8 Å². The van der Waals surface area contributed by atoms with Gasteiger partial charge in [0, 0.05) is 28.2 Å². The number of amides is 2. The van der Waals surface area contributed by atoms with E-state index in [2.05, 4.69) is 0 Å². The molecule has 3 aromatic carbocycles. The molecule has 9 nitrogen and oxygen atoms in total. The molecule has 7 rings (SSSR count). The lowest BCUT2D eigenvalue weighted by Gasteiger charge is -2.42. The third-order valence-electron chi connectivity index (χ3n) is 10.2. The number of anilines is 1. The number of rotatable bonds is 9. The van der Waals surface area contributed by atoms with Gasteiger partial charge in [0.15, 0.2) is 11.6 Å². The van der Waals surface area contributed by atoms with Crippen LogP contribution in [0.1, 0.15) is 42.4 Å². The SMILES string of the molecule is COc1ccc(OC)c(C=Cc2ccc(N3C(=O)C4CC=C5C(c6ccc(OCCO)cc6)C6=C(CC5C4C3=O)C(=O)C(C)=CC6=O)cc2)c1. The number of aliphatic hydroxyl groups is 1. The topological polar surface area (TPSA) is 119 Å². The van der Waals surface area contributed by atoms with Crippen molar-refractivity contribution >= 4 is 41.2 Å². The number of Topliss-reactive ketones (excluding diaryl/α,β-unsaturated/α-hetero) is 1. The average molecular weight is 672 g/mol. The molecule has 1 saturated heterocycles. The van der Waals surface area contributed by atoms with E-state index in [9.17, 15) is 19.2 Å². The summed E-state index contributed by atoms with van der Waals surface area (Å²) in [6, 6.07) is 20.0. The summed E-state index contributed by atoms with van der Waals surface area (Å²) in [4.78, 5) is 56.6. The summed E-state index contributed by atoms with van der Waals surface area (Å²) in [5, 5.41) is 9.15. The molecule has 4 atom stereocenters.